The number of thiazole rings is 1. The maximum atomic E-state index is 13.3. The minimum Gasteiger partial charge on any atom is -0.507 e. The summed E-state index contributed by atoms with van der Waals surface area (Å²) in [6, 6.07) is 15.8. The topological polar surface area (TPSA) is 92.4 Å². The number of phenolic OH excluding ortho intramolecular Hbond substituents is 1. The van der Waals surface area contributed by atoms with Crippen LogP contribution in [0.5, 0.6) is 5.75 Å². The van der Waals surface area contributed by atoms with Crippen LogP contribution in [0.15, 0.2) is 71.1 Å². The highest BCUT2D eigenvalue weighted by Crippen LogP contribution is 2.33. The Kier molecular flexibility index (Phi) is 5.73. The van der Waals surface area contributed by atoms with Crippen LogP contribution in [-0.2, 0) is 6.18 Å². The number of para-hydroxylation sites is 1. The van der Waals surface area contributed by atoms with Crippen LogP contribution >= 0.6 is 11.3 Å². The lowest BCUT2D eigenvalue weighted by atomic mass is 10.1. The Hall–Kier alpha value is -3.99. The second-order valence-corrected chi connectivity index (χ2v) is 7.30. The highest BCUT2D eigenvalue weighted by molar-refractivity contribution is 7.12. The molecule has 0 unspecified atom stereocenters. The quantitative estimate of drug-likeness (QED) is 0.341. The Balaban J connectivity index is 1.60. The molecule has 7 nitrogen and oxygen atoms in total. The first-order chi connectivity index (χ1) is 15.3. The number of amides is 1. The largest absolute Gasteiger partial charge is 0.507 e. The summed E-state index contributed by atoms with van der Waals surface area (Å²) in [6.07, 6.45) is -3.37. The summed E-state index contributed by atoms with van der Waals surface area (Å²) in [5, 5.41) is 18.6. The molecule has 0 aliphatic heterocycles. The molecule has 162 valence electrons. The Morgan fingerprint density at radius 3 is 2.56 bits per heavy atom. The van der Waals surface area contributed by atoms with E-state index in [0.717, 1.165) is 22.1 Å². The van der Waals surface area contributed by atoms with Crippen molar-refractivity contribution in [2.24, 2.45) is 5.10 Å². The summed E-state index contributed by atoms with van der Waals surface area (Å²) in [4.78, 5) is 16.5. The molecule has 0 aliphatic carbocycles. The molecule has 4 rings (SSSR count). The van der Waals surface area contributed by atoms with Crippen LogP contribution < -0.4 is 5.43 Å². The molecule has 0 radical (unpaired) electrons. The maximum Gasteiger partial charge on any atom is 0.435 e. The van der Waals surface area contributed by atoms with E-state index < -0.39 is 17.8 Å². The number of halogens is 3. The van der Waals surface area contributed by atoms with Gasteiger partial charge < -0.3 is 5.11 Å². The molecule has 4 aromatic rings. The van der Waals surface area contributed by atoms with Gasteiger partial charge >= 0.3 is 6.18 Å². The fourth-order valence-electron chi connectivity index (χ4n) is 2.76. The number of carbonyl (C=O) groups excluding carboxylic acids is 1. The monoisotopic (exact) mass is 457 g/mol. The van der Waals surface area contributed by atoms with E-state index in [-0.39, 0.29) is 22.3 Å². The minimum atomic E-state index is -4.63. The van der Waals surface area contributed by atoms with Gasteiger partial charge in [-0.05, 0) is 18.2 Å². The number of hydrogen-bond donors (Lipinski definition) is 2. The van der Waals surface area contributed by atoms with Crippen molar-refractivity contribution in [1.29, 1.82) is 0 Å². The predicted octanol–water partition coefficient (Wildman–Crippen LogP) is 4.48. The summed E-state index contributed by atoms with van der Waals surface area (Å²) in [5.41, 5.74) is 2.27. The van der Waals surface area contributed by atoms with Gasteiger partial charge in [-0.25, -0.2) is 15.1 Å². The zero-order chi connectivity index (χ0) is 22.7. The Labute approximate surface area is 183 Å². The number of hydrogen-bond acceptors (Lipinski definition) is 6. The highest BCUT2D eigenvalue weighted by atomic mass is 32.1. The van der Waals surface area contributed by atoms with Crippen molar-refractivity contribution in [2.75, 3.05) is 0 Å². The molecule has 0 bridgehead atoms. The van der Waals surface area contributed by atoms with Crippen molar-refractivity contribution >= 4 is 23.5 Å². The first-order valence-corrected chi connectivity index (χ1v) is 10.0. The third kappa shape index (κ3) is 4.52. The van der Waals surface area contributed by atoms with Gasteiger partial charge in [0, 0.05) is 16.5 Å². The third-order valence-electron chi connectivity index (χ3n) is 4.28. The lowest BCUT2D eigenvalue weighted by Crippen LogP contribution is -2.18. The lowest BCUT2D eigenvalue weighted by molar-refractivity contribution is -0.141. The first-order valence-electron chi connectivity index (χ1n) is 9.13. The molecule has 2 heterocycles. The normalized spacial score (nSPS) is 11.7. The van der Waals surface area contributed by atoms with E-state index in [1.54, 1.807) is 48.5 Å². The summed E-state index contributed by atoms with van der Waals surface area (Å²) in [5.74, 6) is -0.669. The van der Waals surface area contributed by atoms with E-state index in [9.17, 15) is 23.1 Å². The second-order valence-electron chi connectivity index (χ2n) is 6.46. The molecule has 2 aromatic heterocycles. The van der Waals surface area contributed by atoms with Crippen molar-refractivity contribution in [3.05, 3.63) is 83.0 Å². The molecule has 2 N–H and O–H groups in total. The van der Waals surface area contributed by atoms with Gasteiger partial charge in [-0.2, -0.15) is 23.4 Å². The van der Waals surface area contributed by atoms with Crippen molar-refractivity contribution in [3.63, 3.8) is 0 Å². The Bertz CT molecular complexity index is 1280. The average Bonchev–Trinajstić information content (AvgIpc) is 3.43. The van der Waals surface area contributed by atoms with Crippen LogP contribution in [0.25, 0.3) is 16.4 Å². The lowest BCUT2D eigenvalue weighted by Gasteiger charge is -2.03. The van der Waals surface area contributed by atoms with Gasteiger partial charge in [0.1, 0.15) is 11.4 Å². The second kappa shape index (κ2) is 8.63. The fourth-order valence-corrected chi connectivity index (χ4v) is 3.53. The number of aromatic hydroxyl groups is 1. The molecular formula is C21H14F3N5O2S. The number of alkyl halides is 3. The van der Waals surface area contributed by atoms with Gasteiger partial charge in [-0.3, -0.25) is 4.79 Å². The SMILES string of the molecule is O=C(N/N=C/c1ccccc1O)c1csc(-n2nc(C(F)(F)F)cc2-c2ccccc2)n1. The van der Waals surface area contributed by atoms with E-state index in [1.165, 1.54) is 17.7 Å². The Morgan fingerprint density at radius 1 is 1.12 bits per heavy atom. The zero-order valence-electron chi connectivity index (χ0n) is 16.1. The van der Waals surface area contributed by atoms with Gasteiger partial charge in [-0.15, -0.1) is 11.3 Å². The van der Waals surface area contributed by atoms with Crippen LogP contribution in [0.2, 0.25) is 0 Å². The molecule has 0 saturated heterocycles. The molecule has 2 aromatic carbocycles. The van der Waals surface area contributed by atoms with E-state index in [4.69, 9.17) is 0 Å². The molecule has 11 heteroatoms. The molecule has 0 spiro atoms. The third-order valence-corrected chi connectivity index (χ3v) is 5.10. The molecule has 0 aliphatic rings. The number of aromatic nitrogens is 3. The summed E-state index contributed by atoms with van der Waals surface area (Å²) in [6.45, 7) is 0. The Morgan fingerprint density at radius 2 is 1.84 bits per heavy atom. The summed E-state index contributed by atoms with van der Waals surface area (Å²) >= 11 is 0.965. The van der Waals surface area contributed by atoms with Gasteiger partial charge in [0.05, 0.1) is 11.9 Å². The first kappa shape index (κ1) is 21.2. The fraction of sp³-hybridized carbons (Fsp3) is 0.0476. The van der Waals surface area contributed by atoms with E-state index in [1.807, 2.05) is 0 Å². The molecule has 1 amide bonds. The van der Waals surface area contributed by atoms with Gasteiger partial charge in [0.15, 0.2) is 5.69 Å². The minimum absolute atomic E-state index is 0.00552. The van der Waals surface area contributed by atoms with Crippen molar-refractivity contribution in [2.45, 2.75) is 6.18 Å². The molecular weight excluding hydrogens is 443 g/mol. The van der Waals surface area contributed by atoms with Crippen molar-refractivity contribution < 1.29 is 23.1 Å². The van der Waals surface area contributed by atoms with Crippen LogP contribution in [0, 0.1) is 0 Å². The van der Waals surface area contributed by atoms with Crippen LogP contribution in [0.3, 0.4) is 0 Å². The smallest absolute Gasteiger partial charge is 0.435 e. The number of phenols is 1. The van der Waals surface area contributed by atoms with Crippen molar-refractivity contribution in [1.82, 2.24) is 20.2 Å². The molecule has 0 saturated carbocycles. The maximum absolute atomic E-state index is 13.3. The van der Waals surface area contributed by atoms with Crippen LogP contribution in [0.1, 0.15) is 21.7 Å². The van der Waals surface area contributed by atoms with E-state index in [2.05, 4.69) is 20.6 Å². The highest BCUT2D eigenvalue weighted by Gasteiger charge is 2.35. The molecule has 0 atom stereocenters. The average molecular weight is 457 g/mol. The standard InChI is InChI=1S/C21H14F3N5O2S/c22-21(23,24)18-10-16(13-6-2-1-3-7-13)29(28-18)20-26-15(12-32-20)19(31)27-25-11-14-8-4-5-9-17(14)30/h1-12,30H,(H,27,31)/b25-11+. The molecule has 32 heavy (non-hydrogen) atoms. The number of nitrogens with one attached hydrogen (secondary N) is 1. The predicted molar refractivity (Wildman–Crippen MR) is 113 cm³/mol. The van der Waals surface area contributed by atoms with Gasteiger partial charge in [0.2, 0.25) is 5.13 Å². The van der Waals surface area contributed by atoms with Gasteiger partial charge in [0.25, 0.3) is 5.91 Å². The van der Waals surface area contributed by atoms with Crippen LogP contribution in [0.4, 0.5) is 13.2 Å². The van der Waals surface area contributed by atoms with Crippen LogP contribution in [-0.4, -0.2) is 32.0 Å². The summed E-state index contributed by atoms with van der Waals surface area (Å²) < 4.78 is 40.8. The van der Waals surface area contributed by atoms with E-state index in [0.29, 0.717) is 11.1 Å². The van der Waals surface area contributed by atoms with Crippen molar-refractivity contribution in [3.8, 4) is 22.1 Å². The summed E-state index contributed by atoms with van der Waals surface area (Å²) in [7, 11) is 0. The number of carbonyl (C=O) groups is 1. The zero-order valence-corrected chi connectivity index (χ0v) is 16.9. The van der Waals surface area contributed by atoms with E-state index >= 15 is 0 Å². The molecule has 0 fully saturated rings. The van der Waals surface area contributed by atoms with Gasteiger partial charge in [-0.1, -0.05) is 42.5 Å². The number of hydrazone groups is 1. The number of nitrogens with zero attached hydrogens (tertiary/aromatic N) is 4. The number of rotatable bonds is 5. The number of benzene rings is 2.